The third-order valence-electron chi connectivity index (χ3n) is 4.35. The Kier molecular flexibility index (Phi) is 6.41. The van der Waals surface area contributed by atoms with Crippen LogP contribution in [0, 0.1) is 5.92 Å². The standard InChI is InChI=1S/C16H26N2O4S2/c1-3-10-18-11-8-14(9-12-18)13-17-24(21,22)16-7-5-4-6-15(16)23(2,19)20/h4-7,14,17H,3,8-13H2,1-2H3. The summed E-state index contributed by atoms with van der Waals surface area (Å²) in [4.78, 5) is 2.07. The SMILES string of the molecule is CCCN1CCC(CNS(=O)(=O)c2ccccc2S(C)(=O)=O)CC1. The zero-order valence-corrected chi connectivity index (χ0v) is 15.9. The number of nitrogens with zero attached hydrogens (tertiary/aromatic N) is 1. The van der Waals surface area contributed by atoms with Crippen molar-refractivity contribution in [3.63, 3.8) is 0 Å². The molecule has 0 saturated carbocycles. The summed E-state index contributed by atoms with van der Waals surface area (Å²) in [5.74, 6) is 0.290. The van der Waals surface area contributed by atoms with Gasteiger partial charge < -0.3 is 4.90 Å². The quantitative estimate of drug-likeness (QED) is 0.782. The maximum atomic E-state index is 12.5. The first-order chi connectivity index (χ1) is 11.2. The summed E-state index contributed by atoms with van der Waals surface area (Å²) >= 11 is 0. The van der Waals surface area contributed by atoms with Gasteiger partial charge in [0.2, 0.25) is 10.0 Å². The normalized spacial score (nSPS) is 17.9. The molecule has 1 aromatic rings. The van der Waals surface area contributed by atoms with Gasteiger partial charge in [-0.1, -0.05) is 19.1 Å². The highest BCUT2D eigenvalue weighted by Gasteiger charge is 2.25. The van der Waals surface area contributed by atoms with Crippen LogP contribution in [0.25, 0.3) is 0 Å². The summed E-state index contributed by atoms with van der Waals surface area (Å²) in [6, 6.07) is 5.72. The minimum atomic E-state index is -3.84. The highest BCUT2D eigenvalue weighted by atomic mass is 32.2. The van der Waals surface area contributed by atoms with Crippen molar-refractivity contribution >= 4 is 19.9 Å². The Bertz CT molecular complexity index is 752. The second kappa shape index (κ2) is 7.95. The Morgan fingerprint density at radius 3 is 2.21 bits per heavy atom. The van der Waals surface area contributed by atoms with Gasteiger partial charge in [-0.25, -0.2) is 21.6 Å². The van der Waals surface area contributed by atoms with Crippen LogP contribution in [-0.2, 0) is 19.9 Å². The topological polar surface area (TPSA) is 83.6 Å². The van der Waals surface area contributed by atoms with E-state index in [0.717, 1.165) is 45.2 Å². The predicted molar refractivity (Wildman–Crippen MR) is 94.2 cm³/mol. The number of sulfone groups is 1. The van der Waals surface area contributed by atoms with E-state index in [0.29, 0.717) is 12.5 Å². The van der Waals surface area contributed by atoms with Gasteiger partial charge in [-0.05, 0) is 56.9 Å². The molecule has 1 aromatic carbocycles. The van der Waals surface area contributed by atoms with Crippen LogP contribution >= 0.6 is 0 Å². The van der Waals surface area contributed by atoms with Gasteiger partial charge in [-0.15, -0.1) is 0 Å². The number of hydrogen-bond acceptors (Lipinski definition) is 5. The van der Waals surface area contributed by atoms with Crippen LogP contribution in [0.1, 0.15) is 26.2 Å². The largest absolute Gasteiger partial charge is 0.303 e. The van der Waals surface area contributed by atoms with E-state index >= 15 is 0 Å². The predicted octanol–water partition coefficient (Wildman–Crippen LogP) is 1.49. The van der Waals surface area contributed by atoms with Crippen LogP contribution in [0.4, 0.5) is 0 Å². The number of rotatable bonds is 7. The molecule has 0 atom stereocenters. The van der Waals surface area contributed by atoms with Gasteiger partial charge in [0.1, 0.15) is 4.90 Å². The lowest BCUT2D eigenvalue weighted by molar-refractivity contribution is 0.186. The molecule has 1 fully saturated rings. The van der Waals surface area contributed by atoms with Crippen LogP contribution in [0.15, 0.2) is 34.1 Å². The molecule has 1 saturated heterocycles. The summed E-state index contributed by atoms with van der Waals surface area (Å²) in [5, 5.41) is 0. The van der Waals surface area contributed by atoms with Crippen LogP contribution < -0.4 is 4.72 Å². The summed E-state index contributed by atoms with van der Waals surface area (Å²) in [6.07, 6.45) is 4.05. The molecule has 8 heteroatoms. The van der Waals surface area contributed by atoms with Crippen molar-refractivity contribution in [2.75, 3.05) is 32.4 Å². The number of hydrogen-bond donors (Lipinski definition) is 1. The van der Waals surface area contributed by atoms with E-state index in [1.807, 2.05) is 0 Å². The average Bonchev–Trinajstić information content (AvgIpc) is 2.54. The molecule has 0 unspecified atom stereocenters. The van der Waals surface area contributed by atoms with E-state index < -0.39 is 19.9 Å². The molecule has 6 nitrogen and oxygen atoms in total. The molecule has 1 aliphatic rings. The smallest absolute Gasteiger partial charge is 0.241 e. The van der Waals surface area contributed by atoms with E-state index in [1.54, 1.807) is 0 Å². The second-order valence-corrected chi connectivity index (χ2v) is 10.1. The Balaban J connectivity index is 2.03. The first kappa shape index (κ1) is 19.4. The van der Waals surface area contributed by atoms with Gasteiger partial charge in [0, 0.05) is 12.8 Å². The maximum absolute atomic E-state index is 12.5. The lowest BCUT2D eigenvalue weighted by atomic mass is 9.97. The van der Waals surface area contributed by atoms with E-state index in [1.165, 1.54) is 24.3 Å². The first-order valence-electron chi connectivity index (χ1n) is 8.25. The van der Waals surface area contributed by atoms with Gasteiger partial charge in [0.15, 0.2) is 9.84 Å². The van der Waals surface area contributed by atoms with Gasteiger partial charge in [0.25, 0.3) is 0 Å². The molecule has 0 bridgehead atoms. The third kappa shape index (κ3) is 5.02. The van der Waals surface area contributed by atoms with Crippen LogP contribution in [0.3, 0.4) is 0 Å². The summed E-state index contributed by atoms with van der Waals surface area (Å²) in [5.41, 5.74) is 0. The van der Waals surface area contributed by atoms with E-state index in [2.05, 4.69) is 16.5 Å². The van der Waals surface area contributed by atoms with Crippen LogP contribution in [0.5, 0.6) is 0 Å². The molecule has 0 amide bonds. The van der Waals surface area contributed by atoms with Crippen LogP contribution in [0.2, 0.25) is 0 Å². The molecule has 1 heterocycles. The first-order valence-corrected chi connectivity index (χ1v) is 11.6. The lowest BCUT2D eigenvalue weighted by Gasteiger charge is -2.31. The minimum absolute atomic E-state index is 0.157. The maximum Gasteiger partial charge on any atom is 0.241 e. The molecule has 24 heavy (non-hydrogen) atoms. The molecule has 0 radical (unpaired) electrons. The Morgan fingerprint density at radius 1 is 1.08 bits per heavy atom. The van der Waals surface area contributed by atoms with Gasteiger partial charge in [-0.2, -0.15) is 0 Å². The van der Waals surface area contributed by atoms with Crippen molar-refractivity contribution in [2.45, 2.75) is 36.0 Å². The molecule has 0 aromatic heterocycles. The number of nitrogens with one attached hydrogen (secondary N) is 1. The zero-order chi connectivity index (χ0) is 17.8. The summed E-state index contributed by atoms with van der Waals surface area (Å²) in [7, 11) is -7.44. The Labute approximate surface area is 145 Å². The third-order valence-corrected chi connectivity index (χ3v) is 7.11. The number of sulfonamides is 1. The van der Waals surface area contributed by atoms with Crippen molar-refractivity contribution in [2.24, 2.45) is 5.92 Å². The molecule has 0 aliphatic carbocycles. The van der Waals surface area contributed by atoms with Crippen LogP contribution in [-0.4, -0.2) is 54.2 Å². The monoisotopic (exact) mass is 374 g/mol. The van der Waals surface area contributed by atoms with Crippen molar-refractivity contribution < 1.29 is 16.8 Å². The lowest BCUT2D eigenvalue weighted by Crippen LogP contribution is -2.39. The fourth-order valence-electron chi connectivity index (χ4n) is 3.01. The average molecular weight is 375 g/mol. The molecule has 136 valence electrons. The number of piperidine rings is 1. The molecular weight excluding hydrogens is 348 g/mol. The van der Waals surface area contributed by atoms with Crippen molar-refractivity contribution in [1.82, 2.24) is 9.62 Å². The van der Waals surface area contributed by atoms with E-state index in [9.17, 15) is 16.8 Å². The second-order valence-electron chi connectivity index (χ2n) is 6.36. The van der Waals surface area contributed by atoms with E-state index in [-0.39, 0.29) is 9.79 Å². The fraction of sp³-hybridized carbons (Fsp3) is 0.625. The van der Waals surface area contributed by atoms with Gasteiger partial charge in [0.05, 0.1) is 4.90 Å². The minimum Gasteiger partial charge on any atom is -0.303 e. The van der Waals surface area contributed by atoms with E-state index in [4.69, 9.17) is 0 Å². The number of benzene rings is 1. The van der Waals surface area contributed by atoms with Gasteiger partial charge >= 0.3 is 0 Å². The molecule has 0 spiro atoms. The molecule has 1 aliphatic heterocycles. The van der Waals surface area contributed by atoms with Crippen molar-refractivity contribution in [3.8, 4) is 0 Å². The van der Waals surface area contributed by atoms with Crippen molar-refractivity contribution in [3.05, 3.63) is 24.3 Å². The summed E-state index contributed by atoms with van der Waals surface area (Å²) < 4.78 is 51.3. The molecule has 1 N–H and O–H groups in total. The summed E-state index contributed by atoms with van der Waals surface area (Å²) in [6.45, 7) is 5.56. The number of likely N-dealkylation sites (tertiary alicyclic amines) is 1. The fourth-order valence-corrected chi connectivity index (χ4v) is 5.76. The Morgan fingerprint density at radius 2 is 1.67 bits per heavy atom. The molecule has 2 rings (SSSR count). The zero-order valence-electron chi connectivity index (χ0n) is 14.2. The van der Waals surface area contributed by atoms with Crippen molar-refractivity contribution in [1.29, 1.82) is 0 Å². The molecular formula is C16H26N2O4S2. The van der Waals surface area contributed by atoms with Gasteiger partial charge in [-0.3, -0.25) is 0 Å². The highest BCUT2D eigenvalue weighted by molar-refractivity contribution is 7.93. The Hall–Kier alpha value is -0.960. The highest BCUT2D eigenvalue weighted by Crippen LogP contribution is 2.22.